The number of benzene rings is 3. The Bertz CT molecular complexity index is 1230. The molecule has 2 N–H and O–H groups in total. The minimum absolute atomic E-state index is 0.275. The van der Waals surface area contributed by atoms with Gasteiger partial charge < -0.3 is 5.32 Å². The van der Waals surface area contributed by atoms with Gasteiger partial charge in [-0.25, -0.2) is 14.3 Å². The molecule has 134 valence electrons. The van der Waals surface area contributed by atoms with Gasteiger partial charge in [0.25, 0.3) is 5.91 Å². The largest absolute Gasteiger partial charge is 0.365 e. The highest BCUT2D eigenvalue weighted by Gasteiger charge is 2.14. The second kappa shape index (κ2) is 6.65. The summed E-state index contributed by atoms with van der Waals surface area (Å²) in [5.41, 5.74) is 0.417. The van der Waals surface area contributed by atoms with Gasteiger partial charge in [0.2, 0.25) is 0 Å². The zero-order valence-electron chi connectivity index (χ0n) is 13.6. The predicted molar refractivity (Wildman–Crippen MR) is 98.8 cm³/mol. The number of aromatic nitrogens is 4. The van der Waals surface area contributed by atoms with Crippen molar-refractivity contribution in [2.45, 2.75) is 0 Å². The number of carbonyl (C=O) groups excluding carboxylic acids is 1. The van der Waals surface area contributed by atoms with Gasteiger partial charge in [0.05, 0.1) is 11.4 Å². The molecule has 0 aliphatic heterocycles. The normalized spacial score (nSPS) is 10.9. The summed E-state index contributed by atoms with van der Waals surface area (Å²) in [6.45, 7) is 0. The number of hydrogen-bond donors (Lipinski definition) is 2. The second-order valence-corrected chi connectivity index (χ2v) is 6.18. The van der Waals surface area contributed by atoms with Crippen molar-refractivity contribution in [2.75, 3.05) is 5.32 Å². The molecule has 4 aromatic rings. The Kier molecular flexibility index (Phi) is 4.17. The standard InChI is InChI=1S/C18H11ClFN5O2/c19-13-4-6-15(16(9-13)25-18(27)22-23-24-25)21-17(26)12-2-1-11-8-14(20)5-3-10(11)7-12/h1-9H,(H,21,26)(H,22,24,27). The van der Waals surface area contributed by atoms with Gasteiger partial charge in [-0.15, -0.1) is 0 Å². The highest BCUT2D eigenvalue weighted by atomic mass is 35.5. The lowest BCUT2D eigenvalue weighted by Crippen LogP contribution is -2.20. The molecule has 7 nitrogen and oxygen atoms in total. The highest BCUT2D eigenvalue weighted by molar-refractivity contribution is 6.31. The van der Waals surface area contributed by atoms with Gasteiger partial charge in [0.15, 0.2) is 0 Å². The van der Waals surface area contributed by atoms with Crippen LogP contribution in [0.2, 0.25) is 5.02 Å². The van der Waals surface area contributed by atoms with Gasteiger partial charge in [-0.05, 0) is 63.7 Å². The number of aromatic amines is 1. The van der Waals surface area contributed by atoms with E-state index in [-0.39, 0.29) is 11.5 Å². The maximum atomic E-state index is 13.3. The van der Waals surface area contributed by atoms with Crippen LogP contribution < -0.4 is 11.0 Å². The molecule has 0 atom stereocenters. The predicted octanol–water partition coefficient (Wildman–Crippen LogP) is 3.15. The van der Waals surface area contributed by atoms with E-state index in [0.29, 0.717) is 21.7 Å². The molecule has 9 heteroatoms. The van der Waals surface area contributed by atoms with Crippen LogP contribution >= 0.6 is 11.6 Å². The Morgan fingerprint density at radius 3 is 2.63 bits per heavy atom. The lowest BCUT2D eigenvalue weighted by molar-refractivity contribution is 0.102. The Morgan fingerprint density at radius 2 is 1.85 bits per heavy atom. The summed E-state index contributed by atoms with van der Waals surface area (Å²) in [5, 5.41) is 13.8. The molecule has 27 heavy (non-hydrogen) atoms. The number of amides is 1. The summed E-state index contributed by atoms with van der Waals surface area (Å²) in [4.78, 5) is 24.5. The average molecular weight is 384 g/mol. The van der Waals surface area contributed by atoms with Crippen molar-refractivity contribution in [2.24, 2.45) is 0 Å². The monoisotopic (exact) mass is 383 g/mol. The number of anilines is 1. The van der Waals surface area contributed by atoms with E-state index in [4.69, 9.17) is 11.6 Å². The molecule has 0 saturated heterocycles. The molecule has 1 aromatic heterocycles. The number of rotatable bonds is 3. The Hall–Kier alpha value is -3.52. The lowest BCUT2D eigenvalue weighted by Gasteiger charge is -2.11. The van der Waals surface area contributed by atoms with Crippen LogP contribution in [0.5, 0.6) is 0 Å². The zero-order valence-corrected chi connectivity index (χ0v) is 14.4. The number of halogens is 2. The number of nitrogens with zero attached hydrogens (tertiary/aromatic N) is 3. The van der Waals surface area contributed by atoms with Crippen molar-refractivity contribution in [3.63, 3.8) is 0 Å². The van der Waals surface area contributed by atoms with Crippen LogP contribution in [0.4, 0.5) is 10.1 Å². The molecule has 1 amide bonds. The smallest absolute Gasteiger partial charge is 0.320 e. The average Bonchev–Trinajstić information content (AvgIpc) is 3.08. The number of carbonyl (C=O) groups is 1. The molecule has 0 aliphatic rings. The van der Waals surface area contributed by atoms with Crippen molar-refractivity contribution >= 4 is 34.0 Å². The van der Waals surface area contributed by atoms with E-state index in [2.05, 4.69) is 20.8 Å². The van der Waals surface area contributed by atoms with Crippen molar-refractivity contribution in [3.8, 4) is 5.69 Å². The Morgan fingerprint density at radius 1 is 1.07 bits per heavy atom. The van der Waals surface area contributed by atoms with Crippen LogP contribution in [0, 0.1) is 5.82 Å². The topological polar surface area (TPSA) is 92.7 Å². The second-order valence-electron chi connectivity index (χ2n) is 5.74. The first-order valence-corrected chi connectivity index (χ1v) is 8.20. The first-order valence-electron chi connectivity index (χ1n) is 7.82. The van der Waals surface area contributed by atoms with Gasteiger partial charge in [-0.3, -0.25) is 4.79 Å². The summed E-state index contributed by atoms with van der Waals surface area (Å²) >= 11 is 6.00. The SMILES string of the molecule is O=C(Nc1ccc(Cl)cc1-n1nn[nH]c1=O)c1ccc2cc(F)ccc2c1. The first kappa shape index (κ1) is 16.9. The number of fused-ring (bicyclic) bond motifs is 1. The van der Waals surface area contributed by atoms with E-state index in [1.165, 1.54) is 18.2 Å². The van der Waals surface area contributed by atoms with E-state index in [1.807, 2.05) is 0 Å². The molecule has 0 fully saturated rings. The van der Waals surface area contributed by atoms with E-state index < -0.39 is 11.6 Å². The molecule has 0 bridgehead atoms. The maximum absolute atomic E-state index is 13.3. The summed E-state index contributed by atoms with van der Waals surface area (Å²) in [7, 11) is 0. The molecule has 3 aromatic carbocycles. The van der Waals surface area contributed by atoms with Crippen LogP contribution in [0.1, 0.15) is 10.4 Å². The van der Waals surface area contributed by atoms with E-state index >= 15 is 0 Å². The fourth-order valence-corrected chi connectivity index (χ4v) is 2.86. The molecular weight excluding hydrogens is 373 g/mol. The molecule has 0 saturated carbocycles. The van der Waals surface area contributed by atoms with Gasteiger partial charge in [0, 0.05) is 10.6 Å². The fraction of sp³-hybridized carbons (Fsp3) is 0. The van der Waals surface area contributed by atoms with Crippen molar-refractivity contribution in [1.82, 2.24) is 20.2 Å². The Balaban J connectivity index is 1.70. The third-order valence-electron chi connectivity index (χ3n) is 3.97. The van der Waals surface area contributed by atoms with Crippen LogP contribution in [0.25, 0.3) is 16.5 Å². The van der Waals surface area contributed by atoms with E-state index in [9.17, 15) is 14.0 Å². The third-order valence-corrected chi connectivity index (χ3v) is 4.21. The van der Waals surface area contributed by atoms with Crippen molar-refractivity contribution in [1.29, 1.82) is 0 Å². The minimum Gasteiger partial charge on any atom is -0.320 e. The number of hydrogen-bond acceptors (Lipinski definition) is 4. The third kappa shape index (κ3) is 3.30. The van der Waals surface area contributed by atoms with Crippen LogP contribution in [0.15, 0.2) is 59.4 Å². The summed E-state index contributed by atoms with van der Waals surface area (Å²) in [6.07, 6.45) is 0. The molecular formula is C18H11ClFN5O2. The molecule has 0 radical (unpaired) electrons. The molecule has 0 aliphatic carbocycles. The number of H-pyrrole nitrogens is 1. The first-order chi connectivity index (χ1) is 13.0. The summed E-state index contributed by atoms with van der Waals surface area (Å²) in [5.74, 6) is -0.745. The van der Waals surface area contributed by atoms with Crippen molar-refractivity contribution in [3.05, 3.63) is 81.5 Å². The molecule has 4 rings (SSSR count). The molecule has 1 heterocycles. The van der Waals surface area contributed by atoms with E-state index in [1.54, 1.807) is 36.4 Å². The van der Waals surface area contributed by atoms with Crippen molar-refractivity contribution < 1.29 is 9.18 Å². The molecule has 0 unspecified atom stereocenters. The van der Waals surface area contributed by atoms with Gasteiger partial charge in [0.1, 0.15) is 5.82 Å². The summed E-state index contributed by atoms with van der Waals surface area (Å²) in [6, 6.07) is 13.9. The van der Waals surface area contributed by atoms with Crippen LogP contribution in [-0.4, -0.2) is 26.1 Å². The summed E-state index contributed by atoms with van der Waals surface area (Å²) < 4.78 is 14.3. The number of tetrazole rings is 1. The van der Waals surface area contributed by atoms with Gasteiger partial charge >= 0.3 is 5.69 Å². The zero-order chi connectivity index (χ0) is 19.0. The number of nitrogens with one attached hydrogen (secondary N) is 2. The van der Waals surface area contributed by atoms with E-state index in [0.717, 1.165) is 10.1 Å². The maximum Gasteiger partial charge on any atom is 0.365 e. The molecule has 0 spiro atoms. The quantitative estimate of drug-likeness (QED) is 0.568. The fourth-order valence-electron chi connectivity index (χ4n) is 2.69. The van der Waals surface area contributed by atoms with Gasteiger partial charge in [-0.1, -0.05) is 23.7 Å². The van der Waals surface area contributed by atoms with Crippen LogP contribution in [-0.2, 0) is 0 Å². The minimum atomic E-state index is -0.569. The Labute approximate surface area is 156 Å². The lowest BCUT2D eigenvalue weighted by atomic mass is 10.1. The highest BCUT2D eigenvalue weighted by Crippen LogP contribution is 2.24. The van der Waals surface area contributed by atoms with Gasteiger partial charge in [-0.2, -0.15) is 4.68 Å². The van der Waals surface area contributed by atoms with Crippen LogP contribution in [0.3, 0.4) is 0 Å².